The Kier molecular flexibility index (Phi) is 4.38. The first kappa shape index (κ1) is 14.7. The van der Waals surface area contributed by atoms with E-state index in [0.29, 0.717) is 6.04 Å². The first-order chi connectivity index (χ1) is 10.1. The fourth-order valence-corrected chi connectivity index (χ4v) is 3.61. The van der Waals surface area contributed by atoms with E-state index in [4.69, 9.17) is 4.98 Å². The van der Waals surface area contributed by atoms with Gasteiger partial charge in [-0.1, -0.05) is 40.2 Å². The Bertz CT molecular complexity index is 703. The second-order valence-corrected chi connectivity index (χ2v) is 7.16. The highest BCUT2D eigenvalue weighted by Gasteiger charge is 2.14. The van der Waals surface area contributed by atoms with Crippen molar-refractivity contribution >= 4 is 37.5 Å². The number of benzene rings is 2. The van der Waals surface area contributed by atoms with Gasteiger partial charge in [0.1, 0.15) is 5.01 Å². The van der Waals surface area contributed by atoms with Crippen molar-refractivity contribution < 1.29 is 0 Å². The van der Waals surface area contributed by atoms with E-state index in [-0.39, 0.29) is 6.04 Å². The summed E-state index contributed by atoms with van der Waals surface area (Å²) in [6.45, 7) is 4.36. The average molecular weight is 361 g/mol. The molecule has 0 spiro atoms. The van der Waals surface area contributed by atoms with Gasteiger partial charge in [0.2, 0.25) is 0 Å². The minimum absolute atomic E-state index is 0.237. The normalized spacial score (nSPS) is 14.2. The Balaban J connectivity index is 1.75. The highest BCUT2D eigenvalue weighted by atomic mass is 79.9. The highest BCUT2D eigenvalue weighted by molar-refractivity contribution is 9.10. The van der Waals surface area contributed by atoms with Gasteiger partial charge in [-0.25, -0.2) is 4.98 Å². The molecule has 1 unspecified atom stereocenters. The molecule has 1 aromatic heterocycles. The maximum absolute atomic E-state index is 4.72. The molecule has 3 rings (SSSR count). The van der Waals surface area contributed by atoms with Crippen LogP contribution in [0.25, 0.3) is 10.2 Å². The summed E-state index contributed by atoms with van der Waals surface area (Å²) in [6, 6.07) is 17.3. The molecule has 3 aromatic rings. The van der Waals surface area contributed by atoms with E-state index < -0.39 is 0 Å². The molecule has 0 saturated carbocycles. The Morgan fingerprint density at radius 2 is 1.71 bits per heavy atom. The smallest absolute Gasteiger partial charge is 0.111 e. The molecule has 1 heterocycles. The van der Waals surface area contributed by atoms with Gasteiger partial charge in [-0.15, -0.1) is 11.3 Å². The van der Waals surface area contributed by atoms with Crippen LogP contribution in [0.2, 0.25) is 0 Å². The standard InChI is InChI=1S/C17H17BrN2S/c1-11(13-7-9-14(18)10-8-13)19-12(2)17-20-15-5-3-4-6-16(15)21-17/h3-12,19H,1-2H3/t11-,12?/m0/s1. The Hall–Kier alpha value is -1.23. The van der Waals surface area contributed by atoms with Crippen molar-refractivity contribution in [1.82, 2.24) is 10.3 Å². The zero-order valence-electron chi connectivity index (χ0n) is 12.0. The number of nitrogens with zero attached hydrogens (tertiary/aromatic N) is 1. The van der Waals surface area contributed by atoms with Gasteiger partial charge in [0.15, 0.2) is 0 Å². The second-order valence-electron chi connectivity index (χ2n) is 5.18. The van der Waals surface area contributed by atoms with E-state index in [1.54, 1.807) is 11.3 Å². The number of hydrogen-bond acceptors (Lipinski definition) is 3. The van der Waals surface area contributed by atoms with E-state index in [1.807, 2.05) is 6.07 Å². The van der Waals surface area contributed by atoms with Crippen LogP contribution in [-0.2, 0) is 0 Å². The molecule has 2 atom stereocenters. The van der Waals surface area contributed by atoms with Crippen molar-refractivity contribution in [3.8, 4) is 0 Å². The molecule has 0 saturated heterocycles. The van der Waals surface area contributed by atoms with Gasteiger partial charge in [0, 0.05) is 10.5 Å². The van der Waals surface area contributed by atoms with Crippen molar-refractivity contribution in [2.75, 3.05) is 0 Å². The fourth-order valence-electron chi connectivity index (χ4n) is 2.37. The molecule has 0 fully saturated rings. The lowest BCUT2D eigenvalue weighted by molar-refractivity contribution is 0.493. The number of nitrogens with one attached hydrogen (secondary N) is 1. The zero-order chi connectivity index (χ0) is 14.8. The van der Waals surface area contributed by atoms with Crippen LogP contribution in [0.4, 0.5) is 0 Å². The van der Waals surface area contributed by atoms with E-state index in [1.165, 1.54) is 10.3 Å². The molecular weight excluding hydrogens is 344 g/mol. The predicted octanol–water partition coefficient (Wildman–Crippen LogP) is 5.47. The van der Waals surface area contributed by atoms with Gasteiger partial charge < -0.3 is 5.32 Å². The summed E-state index contributed by atoms with van der Waals surface area (Å²) in [5.74, 6) is 0. The van der Waals surface area contributed by atoms with Crippen LogP contribution >= 0.6 is 27.3 Å². The molecule has 0 radical (unpaired) electrons. The van der Waals surface area contributed by atoms with E-state index >= 15 is 0 Å². The number of halogens is 1. The van der Waals surface area contributed by atoms with Gasteiger partial charge in [-0.3, -0.25) is 0 Å². The summed E-state index contributed by atoms with van der Waals surface area (Å²) in [5, 5.41) is 4.76. The molecular formula is C17H17BrN2S. The quantitative estimate of drug-likeness (QED) is 0.666. The van der Waals surface area contributed by atoms with E-state index in [0.717, 1.165) is 15.0 Å². The third kappa shape index (κ3) is 3.34. The van der Waals surface area contributed by atoms with Crippen molar-refractivity contribution in [2.24, 2.45) is 0 Å². The summed E-state index contributed by atoms with van der Waals surface area (Å²) >= 11 is 5.24. The number of hydrogen-bond donors (Lipinski definition) is 1. The Labute approximate surface area is 137 Å². The molecule has 1 N–H and O–H groups in total. The lowest BCUT2D eigenvalue weighted by atomic mass is 10.1. The number of para-hydroxylation sites is 1. The number of thiazole rings is 1. The summed E-state index contributed by atoms with van der Waals surface area (Å²) in [6.07, 6.45) is 0. The summed E-state index contributed by atoms with van der Waals surface area (Å²) in [5.41, 5.74) is 2.37. The average Bonchev–Trinajstić information content (AvgIpc) is 2.92. The third-order valence-corrected chi connectivity index (χ3v) is 5.30. The van der Waals surface area contributed by atoms with Crippen LogP contribution in [0, 0.1) is 0 Å². The minimum Gasteiger partial charge on any atom is -0.302 e. The molecule has 0 bridgehead atoms. The van der Waals surface area contributed by atoms with E-state index in [9.17, 15) is 0 Å². The number of fused-ring (bicyclic) bond motifs is 1. The van der Waals surface area contributed by atoms with Crippen LogP contribution in [-0.4, -0.2) is 4.98 Å². The molecule has 4 heteroatoms. The van der Waals surface area contributed by atoms with Crippen LogP contribution in [0.1, 0.15) is 36.5 Å². The summed E-state index contributed by atoms with van der Waals surface area (Å²) in [4.78, 5) is 4.72. The van der Waals surface area contributed by atoms with Gasteiger partial charge >= 0.3 is 0 Å². The SMILES string of the molecule is CC(N[C@@H](C)c1ccc(Br)cc1)c1nc2ccccc2s1. The van der Waals surface area contributed by atoms with Crippen LogP contribution in [0.15, 0.2) is 53.0 Å². The highest BCUT2D eigenvalue weighted by Crippen LogP contribution is 2.28. The molecule has 2 aromatic carbocycles. The zero-order valence-corrected chi connectivity index (χ0v) is 14.4. The van der Waals surface area contributed by atoms with Gasteiger partial charge in [-0.2, -0.15) is 0 Å². The first-order valence-electron chi connectivity index (χ1n) is 7.00. The topological polar surface area (TPSA) is 24.9 Å². The molecule has 0 aliphatic rings. The monoisotopic (exact) mass is 360 g/mol. The van der Waals surface area contributed by atoms with Crippen LogP contribution < -0.4 is 5.32 Å². The molecule has 2 nitrogen and oxygen atoms in total. The molecule has 0 amide bonds. The maximum Gasteiger partial charge on any atom is 0.111 e. The van der Waals surface area contributed by atoms with Crippen molar-refractivity contribution in [3.05, 3.63) is 63.6 Å². The predicted molar refractivity (Wildman–Crippen MR) is 93.7 cm³/mol. The van der Waals surface area contributed by atoms with Crippen LogP contribution in [0.5, 0.6) is 0 Å². The molecule has 0 aliphatic heterocycles. The second kappa shape index (κ2) is 6.26. The van der Waals surface area contributed by atoms with Crippen molar-refractivity contribution in [2.45, 2.75) is 25.9 Å². The molecule has 108 valence electrons. The number of rotatable bonds is 4. The third-order valence-electron chi connectivity index (χ3n) is 3.55. The van der Waals surface area contributed by atoms with E-state index in [2.05, 4.69) is 77.6 Å². The lowest BCUT2D eigenvalue weighted by Gasteiger charge is -2.18. The number of aromatic nitrogens is 1. The molecule has 21 heavy (non-hydrogen) atoms. The van der Waals surface area contributed by atoms with Crippen molar-refractivity contribution in [3.63, 3.8) is 0 Å². The molecule has 0 aliphatic carbocycles. The van der Waals surface area contributed by atoms with Gasteiger partial charge in [0.05, 0.1) is 16.3 Å². The fraction of sp³-hybridized carbons (Fsp3) is 0.235. The first-order valence-corrected chi connectivity index (χ1v) is 8.61. The van der Waals surface area contributed by atoms with Gasteiger partial charge in [-0.05, 0) is 43.7 Å². The maximum atomic E-state index is 4.72. The van der Waals surface area contributed by atoms with Crippen LogP contribution in [0.3, 0.4) is 0 Å². The lowest BCUT2D eigenvalue weighted by Crippen LogP contribution is -2.22. The summed E-state index contributed by atoms with van der Waals surface area (Å²) in [7, 11) is 0. The Morgan fingerprint density at radius 3 is 2.43 bits per heavy atom. The minimum atomic E-state index is 0.237. The summed E-state index contributed by atoms with van der Waals surface area (Å²) < 4.78 is 2.36. The largest absolute Gasteiger partial charge is 0.302 e. The van der Waals surface area contributed by atoms with Crippen molar-refractivity contribution in [1.29, 1.82) is 0 Å². The van der Waals surface area contributed by atoms with Gasteiger partial charge in [0.25, 0.3) is 0 Å². The Morgan fingerprint density at radius 1 is 1.00 bits per heavy atom.